The normalized spacial score (nSPS) is 12.8. The number of Topliss-reactive ketones (excluding diaryl/α,β-unsaturated/α-hetero) is 1. The van der Waals surface area contributed by atoms with Gasteiger partial charge in [0.15, 0.2) is 10.1 Å². The molecule has 0 unspecified atom stereocenters. The Hall–Kier alpha value is -4.07. The third-order valence-corrected chi connectivity index (χ3v) is 8.21. The van der Waals surface area contributed by atoms with Crippen LogP contribution in [0.4, 0.5) is 5.69 Å². The molecule has 1 aromatic heterocycles. The van der Waals surface area contributed by atoms with E-state index in [1.807, 2.05) is 60.7 Å². The monoisotopic (exact) mass is 506 g/mol. The van der Waals surface area contributed by atoms with Crippen LogP contribution in [0.5, 0.6) is 0 Å². The number of nitrogens with zero attached hydrogens (tertiary/aromatic N) is 2. The topological polar surface area (TPSA) is 67.3 Å². The zero-order chi connectivity index (χ0) is 24.6. The van der Waals surface area contributed by atoms with Gasteiger partial charge in [-0.3, -0.25) is 14.4 Å². The molecule has 0 atom stereocenters. The third-order valence-electron chi connectivity index (χ3n) is 6.05. The zero-order valence-corrected chi connectivity index (χ0v) is 20.5. The number of imide groups is 1. The Balaban J connectivity index is 1.16. The summed E-state index contributed by atoms with van der Waals surface area (Å²) >= 11 is 2.83. The lowest BCUT2D eigenvalue weighted by Crippen LogP contribution is -2.29. The molecule has 0 aliphatic carbocycles. The average molecular weight is 507 g/mol. The summed E-state index contributed by atoms with van der Waals surface area (Å²) in [6.07, 6.45) is 0. The van der Waals surface area contributed by atoms with Crippen molar-refractivity contribution in [2.75, 3.05) is 10.7 Å². The largest absolute Gasteiger partial charge is 0.293 e. The molecule has 1 aliphatic rings. The van der Waals surface area contributed by atoms with Crippen molar-refractivity contribution in [1.82, 2.24) is 4.98 Å². The first kappa shape index (κ1) is 22.4. The van der Waals surface area contributed by atoms with E-state index in [1.54, 1.807) is 36.4 Å². The molecule has 0 fully saturated rings. The summed E-state index contributed by atoms with van der Waals surface area (Å²) in [4.78, 5) is 44.2. The number of ketones is 1. The van der Waals surface area contributed by atoms with Crippen LogP contribution in [-0.2, 0) is 0 Å². The molecule has 0 saturated heterocycles. The van der Waals surface area contributed by atoms with E-state index in [1.165, 1.54) is 28.0 Å². The summed E-state index contributed by atoms with van der Waals surface area (Å²) in [6.45, 7) is 0. The quantitative estimate of drug-likeness (QED) is 0.145. The minimum absolute atomic E-state index is 0.0329. The lowest BCUT2D eigenvalue weighted by molar-refractivity contribution is 0.0925. The van der Waals surface area contributed by atoms with Crippen LogP contribution in [0.25, 0.3) is 21.3 Å². The van der Waals surface area contributed by atoms with Gasteiger partial charge in [0.2, 0.25) is 0 Å². The first-order chi connectivity index (χ1) is 17.6. The van der Waals surface area contributed by atoms with E-state index >= 15 is 0 Å². The van der Waals surface area contributed by atoms with Gasteiger partial charge in [-0.05, 0) is 41.5 Å². The lowest BCUT2D eigenvalue weighted by Gasteiger charge is -2.13. The molecule has 7 heteroatoms. The highest BCUT2D eigenvalue weighted by atomic mass is 32.2. The van der Waals surface area contributed by atoms with Crippen molar-refractivity contribution in [1.29, 1.82) is 0 Å². The summed E-state index contributed by atoms with van der Waals surface area (Å²) in [6, 6.07) is 29.9. The van der Waals surface area contributed by atoms with Crippen molar-refractivity contribution >= 4 is 56.6 Å². The van der Waals surface area contributed by atoms with E-state index in [0.29, 0.717) is 22.4 Å². The molecular formula is C29H18N2O3S2. The molecule has 1 aliphatic heterocycles. The van der Waals surface area contributed by atoms with Crippen molar-refractivity contribution in [3.63, 3.8) is 0 Å². The third kappa shape index (κ3) is 4.02. The number of anilines is 1. The summed E-state index contributed by atoms with van der Waals surface area (Å²) in [7, 11) is 0. The maximum Gasteiger partial charge on any atom is 0.266 e. The summed E-state index contributed by atoms with van der Waals surface area (Å²) < 4.78 is 1.62. The number of thioether (sulfide) groups is 1. The highest BCUT2D eigenvalue weighted by Crippen LogP contribution is 2.35. The number of aromatic nitrogens is 1. The van der Waals surface area contributed by atoms with E-state index in [2.05, 4.69) is 4.98 Å². The van der Waals surface area contributed by atoms with Gasteiger partial charge in [-0.15, -0.1) is 11.3 Å². The van der Waals surface area contributed by atoms with Crippen LogP contribution in [0.1, 0.15) is 31.1 Å². The molecule has 0 saturated carbocycles. The maximum absolute atomic E-state index is 12.8. The Morgan fingerprint density at radius 1 is 0.778 bits per heavy atom. The second-order valence-corrected chi connectivity index (χ2v) is 10.5. The molecule has 5 aromatic rings. The highest BCUT2D eigenvalue weighted by Gasteiger charge is 2.36. The van der Waals surface area contributed by atoms with E-state index in [4.69, 9.17) is 0 Å². The van der Waals surface area contributed by atoms with Crippen LogP contribution in [-0.4, -0.2) is 28.3 Å². The molecule has 174 valence electrons. The summed E-state index contributed by atoms with van der Waals surface area (Å²) in [5.41, 5.74) is 4.96. The molecule has 0 N–H and O–H groups in total. The standard InChI is InChI=1S/C29H18N2O3S2/c32-25(20-12-10-19(11-13-20)18-6-2-1-3-7-18)17-35-29-30-24-15-14-21(16-26(24)36-29)31-27(33)22-8-4-5-9-23(22)28(31)34/h1-16H,17H2. The van der Waals surface area contributed by atoms with Crippen LogP contribution in [0.2, 0.25) is 0 Å². The number of amides is 2. The number of fused-ring (bicyclic) bond motifs is 2. The van der Waals surface area contributed by atoms with Crippen molar-refractivity contribution in [2.24, 2.45) is 0 Å². The molecule has 0 spiro atoms. The van der Waals surface area contributed by atoms with Crippen LogP contribution < -0.4 is 4.90 Å². The van der Waals surface area contributed by atoms with Crippen LogP contribution in [0.3, 0.4) is 0 Å². The Morgan fingerprint density at radius 3 is 2.11 bits per heavy atom. The molecule has 36 heavy (non-hydrogen) atoms. The first-order valence-corrected chi connectivity index (χ1v) is 13.1. The number of hydrogen-bond donors (Lipinski definition) is 0. The van der Waals surface area contributed by atoms with Gasteiger partial charge in [-0.2, -0.15) is 0 Å². The molecule has 0 radical (unpaired) electrons. The predicted octanol–water partition coefficient (Wildman–Crippen LogP) is 6.74. The number of carbonyl (C=O) groups excluding carboxylic acids is 3. The molecule has 2 amide bonds. The van der Waals surface area contributed by atoms with Gasteiger partial charge in [0.25, 0.3) is 11.8 Å². The van der Waals surface area contributed by atoms with Gasteiger partial charge < -0.3 is 0 Å². The predicted molar refractivity (Wildman–Crippen MR) is 144 cm³/mol. The van der Waals surface area contributed by atoms with E-state index in [-0.39, 0.29) is 23.4 Å². The molecule has 6 rings (SSSR count). The van der Waals surface area contributed by atoms with Crippen LogP contribution >= 0.6 is 23.1 Å². The van der Waals surface area contributed by atoms with Crippen LogP contribution in [0.15, 0.2) is 101 Å². The average Bonchev–Trinajstić information content (AvgIpc) is 3.45. The van der Waals surface area contributed by atoms with Gasteiger partial charge in [0, 0.05) is 5.56 Å². The Bertz CT molecular complexity index is 1610. The van der Waals surface area contributed by atoms with Gasteiger partial charge >= 0.3 is 0 Å². The zero-order valence-electron chi connectivity index (χ0n) is 18.9. The summed E-state index contributed by atoms with van der Waals surface area (Å²) in [5.74, 6) is -0.336. The van der Waals surface area contributed by atoms with E-state index < -0.39 is 0 Å². The minimum atomic E-state index is -0.321. The van der Waals surface area contributed by atoms with Crippen LogP contribution in [0, 0.1) is 0 Å². The fraction of sp³-hybridized carbons (Fsp3) is 0.0345. The van der Waals surface area contributed by atoms with Crippen molar-refractivity contribution in [2.45, 2.75) is 4.34 Å². The van der Waals surface area contributed by atoms with Crippen molar-refractivity contribution in [3.8, 4) is 11.1 Å². The van der Waals surface area contributed by atoms with Crippen molar-refractivity contribution in [3.05, 3.63) is 114 Å². The van der Waals surface area contributed by atoms with Gasteiger partial charge in [0.1, 0.15) is 0 Å². The number of hydrogen-bond acceptors (Lipinski definition) is 6. The van der Waals surface area contributed by atoms with E-state index in [9.17, 15) is 14.4 Å². The molecule has 4 aromatic carbocycles. The number of benzene rings is 4. The van der Waals surface area contributed by atoms with E-state index in [0.717, 1.165) is 25.7 Å². The second kappa shape index (κ2) is 9.18. The number of thiazole rings is 1. The van der Waals surface area contributed by atoms with Gasteiger partial charge in [0.05, 0.1) is 32.8 Å². The Kier molecular flexibility index (Phi) is 5.71. The molecule has 5 nitrogen and oxygen atoms in total. The maximum atomic E-state index is 12.8. The number of carbonyl (C=O) groups is 3. The Labute approximate surface area is 215 Å². The fourth-order valence-corrected chi connectivity index (χ4v) is 6.20. The SMILES string of the molecule is O=C(CSc1nc2ccc(N3C(=O)c4ccccc4C3=O)cc2s1)c1ccc(-c2ccccc2)cc1. The van der Waals surface area contributed by atoms with Crippen molar-refractivity contribution < 1.29 is 14.4 Å². The number of rotatable bonds is 6. The molecule has 0 bridgehead atoms. The second-order valence-electron chi connectivity index (χ2n) is 8.28. The smallest absolute Gasteiger partial charge is 0.266 e. The molecule has 2 heterocycles. The lowest BCUT2D eigenvalue weighted by atomic mass is 10.0. The Morgan fingerprint density at radius 2 is 1.42 bits per heavy atom. The molecular weight excluding hydrogens is 488 g/mol. The fourth-order valence-electron chi connectivity index (χ4n) is 4.21. The van der Waals surface area contributed by atoms with Gasteiger partial charge in [-0.1, -0.05) is 78.5 Å². The highest BCUT2D eigenvalue weighted by molar-refractivity contribution is 8.01. The minimum Gasteiger partial charge on any atom is -0.293 e. The van der Waals surface area contributed by atoms with Gasteiger partial charge in [-0.25, -0.2) is 9.88 Å². The first-order valence-electron chi connectivity index (χ1n) is 11.3. The summed E-state index contributed by atoms with van der Waals surface area (Å²) in [5, 5.41) is 0.